The number of amides is 3. The van der Waals surface area contributed by atoms with Crippen LogP contribution < -0.4 is 0 Å². The summed E-state index contributed by atoms with van der Waals surface area (Å²) in [5.41, 5.74) is 0.347. The molecule has 0 radical (unpaired) electrons. The van der Waals surface area contributed by atoms with Crippen molar-refractivity contribution in [1.82, 2.24) is 9.80 Å². The second-order valence-electron chi connectivity index (χ2n) is 9.15. The topological polar surface area (TPSA) is 77.9 Å². The van der Waals surface area contributed by atoms with Gasteiger partial charge in [-0.3, -0.25) is 19.3 Å². The maximum Gasteiger partial charge on any atom is 0.240 e. The van der Waals surface area contributed by atoms with Crippen molar-refractivity contribution >= 4 is 29.3 Å². The van der Waals surface area contributed by atoms with Gasteiger partial charge in [0.05, 0.1) is 11.5 Å². The van der Waals surface area contributed by atoms with Crippen LogP contribution in [0.5, 0.6) is 0 Å². The normalized spacial score (nSPS) is 22.6. The van der Waals surface area contributed by atoms with Crippen molar-refractivity contribution in [2.24, 2.45) is 5.92 Å². The lowest BCUT2D eigenvalue weighted by atomic mass is 9.75. The average molecular weight is 469 g/mol. The number of likely N-dealkylation sites (tertiary alicyclic amines) is 2. The van der Waals surface area contributed by atoms with Crippen molar-refractivity contribution in [1.29, 1.82) is 0 Å². The molecule has 0 aromatic heterocycles. The first-order chi connectivity index (χ1) is 15.8. The zero-order valence-electron chi connectivity index (χ0n) is 18.7. The van der Waals surface area contributed by atoms with Gasteiger partial charge in [0, 0.05) is 38.0 Å². The van der Waals surface area contributed by atoms with E-state index in [1.807, 2.05) is 30.3 Å². The van der Waals surface area contributed by atoms with Gasteiger partial charge in [-0.25, -0.2) is 0 Å². The molecule has 0 spiro atoms. The highest BCUT2D eigenvalue weighted by atomic mass is 35.5. The second kappa shape index (κ2) is 9.65. The van der Waals surface area contributed by atoms with Crippen molar-refractivity contribution in [3.8, 4) is 0 Å². The van der Waals surface area contributed by atoms with E-state index in [4.69, 9.17) is 11.6 Å². The molecule has 0 bridgehead atoms. The van der Waals surface area contributed by atoms with Gasteiger partial charge in [0.15, 0.2) is 0 Å². The Hall–Kier alpha value is -2.70. The Balaban J connectivity index is 1.44. The van der Waals surface area contributed by atoms with Crippen molar-refractivity contribution in [3.05, 3.63) is 70.7 Å². The van der Waals surface area contributed by atoms with Gasteiger partial charge in [0.1, 0.15) is 0 Å². The number of aliphatic hydroxyl groups is 1. The molecule has 6 nitrogen and oxygen atoms in total. The fraction of sp³-hybridized carbons (Fsp3) is 0.423. The third kappa shape index (κ3) is 4.68. The Morgan fingerprint density at radius 1 is 1.09 bits per heavy atom. The van der Waals surface area contributed by atoms with Gasteiger partial charge in [-0.15, -0.1) is 0 Å². The highest BCUT2D eigenvalue weighted by molar-refractivity contribution is 6.32. The molecule has 33 heavy (non-hydrogen) atoms. The summed E-state index contributed by atoms with van der Waals surface area (Å²) in [5, 5.41) is 11.1. The second-order valence-corrected chi connectivity index (χ2v) is 9.56. The van der Waals surface area contributed by atoms with Crippen LogP contribution in [0.3, 0.4) is 0 Å². The predicted octanol–water partition coefficient (Wildman–Crippen LogP) is 3.20. The average Bonchev–Trinajstić information content (AvgIpc) is 3.04. The zero-order chi connectivity index (χ0) is 23.6. The Labute approximate surface area is 199 Å². The van der Waals surface area contributed by atoms with Crippen molar-refractivity contribution < 1.29 is 19.5 Å². The molecule has 2 saturated heterocycles. The van der Waals surface area contributed by atoms with Crippen molar-refractivity contribution in [2.45, 2.75) is 43.6 Å². The molecule has 2 aromatic carbocycles. The number of carbonyl (C=O) groups is 3. The molecule has 4 rings (SSSR count). The first kappa shape index (κ1) is 23.5. The Kier molecular flexibility index (Phi) is 6.86. The molecule has 0 unspecified atom stereocenters. The summed E-state index contributed by atoms with van der Waals surface area (Å²) in [6.45, 7) is 1.04. The number of carbonyl (C=O) groups excluding carboxylic acids is 3. The predicted molar refractivity (Wildman–Crippen MR) is 126 cm³/mol. The largest absolute Gasteiger partial charge is 0.392 e. The summed E-state index contributed by atoms with van der Waals surface area (Å²) in [7, 11) is 1.45. The number of benzene rings is 2. The standard InChI is InChI=1S/C26H29ClN2O4/c1-28-23(31)16-26(25(28)33,20-9-5-6-10-21(20)27)17-24(32)29-13-11-19(12-14-29)22(30)15-18-7-3-2-4-8-18/h2-10,19,22,30H,11-17H2,1H3/t22-,26-/m0/s1. The molecule has 174 valence electrons. The van der Waals surface area contributed by atoms with Crippen LogP contribution in [-0.4, -0.2) is 58.9 Å². The molecule has 2 aliphatic rings. The molecule has 1 N–H and O–H groups in total. The lowest BCUT2D eigenvalue weighted by Crippen LogP contribution is -2.46. The number of piperidine rings is 1. The molecule has 2 aromatic rings. The molecule has 7 heteroatoms. The monoisotopic (exact) mass is 468 g/mol. The lowest BCUT2D eigenvalue weighted by molar-refractivity contribution is -0.142. The van der Waals surface area contributed by atoms with Gasteiger partial charge in [-0.2, -0.15) is 0 Å². The van der Waals surface area contributed by atoms with Crippen LogP contribution in [0.2, 0.25) is 5.02 Å². The minimum absolute atomic E-state index is 0.0654. The van der Waals surface area contributed by atoms with Crippen molar-refractivity contribution in [2.75, 3.05) is 20.1 Å². The highest BCUT2D eigenvalue weighted by Gasteiger charge is 2.53. The molecule has 3 amide bonds. The maximum absolute atomic E-state index is 13.3. The number of hydrogen-bond acceptors (Lipinski definition) is 4. The lowest BCUT2D eigenvalue weighted by Gasteiger charge is -2.36. The molecule has 2 aliphatic heterocycles. The number of aliphatic hydroxyl groups excluding tert-OH is 1. The van der Waals surface area contributed by atoms with E-state index < -0.39 is 11.5 Å². The van der Waals surface area contributed by atoms with E-state index in [1.54, 1.807) is 29.2 Å². The van der Waals surface area contributed by atoms with E-state index in [1.165, 1.54) is 7.05 Å². The quantitative estimate of drug-likeness (QED) is 0.660. The number of imide groups is 1. The number of likely N-dealkylation sites (N-methyl/N-ethyl adjacent to an activating group) is 1. The zero-order valence-corrected chi connectivity index (χ0v) is 19.5. The van der Waals surface area contributed by atoms with Crippen LogP contribution in [-0.2, 0) is 26.2 Å². The fourth-order valence-corrected chi connectivity index (χ4v) is 5.42. The molecule has 2 atom stereocenters. The summed E-state index contributed by atoms with van der Waals surface area (Å²) in [4.78, 5) is 41.7. The van der Waals surface area contributed by atoms with Gasteiger partial charge in [-0.1, -0.05) is 60.1 Å². The maximum atomic E-state index is 13.3. The minimum Gasteiger partial charge on any atom is -0.392 e. The number of hydrogen-bond donors (Lipinski definition) is 1. The van der Waals surface area contributed by atoms with Gasteiger partial charge < -0.3 is 10.0 Å². The van der Waals surface area contributed by atoms with Crippen LogP contribution in [0.25, 0.3) is 0 Å². The first-order valence-corrected chi connectivity index (χ1v) is 11.8. The number of nitrogens with zero attached hydrogens (tertiary/aromatic N) is 2. The number of halogens is 1. The molecule has 0 aliphatic carbocycles. The van der Waals surface area contributed by atoms with Crippen LogP contribution in [0, 0.1) is 5.92 Å². The van der Waals surface area contributed by atoms with E-state index in [-0.39, 0.29) is 36.5 Å². The Bertz CT molecular complexity index is 1040. The van der Waals surface area contributed by atoms with Gasteiger partial charge >= 0.3 is 0 Å². The smallest absolute Gasteiger partial charge is 0.240 e. The Morgan fingerprint density at radius 2 is 1.73 bits per heavy atom. The summed E-state index contributed by atoms with van der Waals surface area (Å²) in [6.07, 6.45) is 1.38. The summed E-state index contributed by atoms with van der Waals surface area (Å²) >= 11 is 6.41. The first-order valence-electron chi connectivity index (χ1n) is 11.4. The summed E-state index contributed by atoms with van der Waals surface area (Å²) in [5.74, 6) is -0.743. The van der Waals surface area contributed by atoms with E-state index in [9.17, 15) is 19.5 Å². The van der Waals surface area contributed by atoms with E-state index >= 15 is 0 Å². The van der Waals surface area contributed by atoms with Crippen LogP contribution in [0.1, 0.15) is 36.8 Å². The third-order valence-electron chi connectivity index (χ3n) is 7.11. The minimum atomic E-state index is -1.27. The van der Waals surface area contributed by atoms with Gasteiger partial charge in [0.25, 0.3) is 0 Å². The third-order valence-corrected chi connectivity index (χ3v) is 7.44. The van der Waals surface area contributed by atoms with Crippen molar-refractivity contribution in [3.63, 3.8) is 0 Å². The van der Waals surface area contributed by atoms with Gasteiger partial charge in [0.2, 0.25) is 17.7 Å². The van der Waals surface area contributed by atoms with Crippen LogP contribution >= 0.6 is 11.6 Å². The van der Waals surface area contributed by atoms with Crippen LogP contribution in [0.4, 0.5) is 0 Å². The molecule has 2 heterocycles. The van der Waals surface area contributed by atoms with E-state index in [0.29, 0.717) is 42.9 Å². The van der Waals surface area contributed by atoms with E-state index in [2.05, 4.69) is 0 Å². The molecule has 0 saturated carbocycles. The molecular weight excluding hydrogens is 440 g/mol. The Morgan fingerprint density at radius 3 is 2.33 bits per heavy atom. The number of rotatable bonds is 6. The summed E-state index contributed by atoms with van der Waals surface area (Å²) in [6, 6.07) is 16.8. The van der Waals surface area contributed by atoms with Crippen LogP contribution in [0.15, 0.2) is 54.6 Å². The van der Waals surface area contributed by atoms with Gasteiger partial charge in [-0.05, 0) is 42.4 Å². The summed E-state index contributed by atoms with van der Waals surface area (Å²) < 4.78 is 0. The molecule has 2 fully saturated rings. The SMILES string of the molecule is CN1C(=O)C[C@](CC(=O)N2CCC([C@@H](O)Cc3ccccc3)CC2)(c2ccccc2Cl)C1=O. The highest BCUT2D eigenvalue weighted by Crippen LogP contribution is 2.43. The molecular formula is C26H29ClN2O4. The van der Waals surface area contributed by atoms with E-state index in [0.717, 1.165) is 10.5 Å². The fourth-order valence-electron chi connectivity index (χ4n) is 5.11.